The number of hydrogen-bond donors (Lipinski definition) is 4. The number of anilines is 2. The Hall–Kier alpha value is -7.18. The van der Waals surface area contributed by atoms with Gasteiger partial charge < -0.3 is 31.2 Å². The fraction of sp³-hybridized carbons (Fsp3) is 0.321. The van der Waals surface area contributed by atoms with Crippen LogP contribution in [0.2, 0.25) is 10.0 Å². The molecule has 0 unspecified atom stereocenters. The van der Waals surface area contributed by atoms with Crippen molar-refractivity contribution in [3.63, 3.8) is 0 Å². The minimum atomic E-state index is -0.955. The molecule has 8 aromatic rings. The number of fused-ring (bicyclic) bond motifs is 2. The van der Waals surface area contributed by atoms with Crippen LogP contribution >= 0.6 is 23.2 Å². The number of phenolic OH excluding ortho intramolecular Hbond substituents is 2. The number of phenols is 2. The van der Waals surface area contributed by atoms with E-state index in [9.17, 15) is 19.0 Å². The minimum absolute atomic E-state index is 0.0592. The number of hydrogen-bond acceptors (Lipinski definition) is 14. The predicted octanol–water partition coefficient (Wildman–Crippen LogP) is 13.4. The molecule has 6 N–H and O–H groups in total. The molecular formula is C53H58Cl2F4N10O4. The summed E-state index contributed by atoms with van der Waals surface area (Å²) < 4.78 is 70.2. The first kappa shape index (κ1) is 56.7. The third-order valence-electron chi connectivity index (χ3n) is 10.8. The van der Waals surface area contributed by atoms with E-state index >= 15 is 8.78 Å². The van der Waals surface area contributed by atoms with E-state index in [1.165, 1.54) is 94.2 Å². The van der Waals surface area contributed by atoms with Gasteiger partial charge in [0.2, 0.25) is 0 Å². The third-order valence-corrected chi connectivity index (χ3v) is 11.4. The molecule has 20 heteroatoms. The van der Waals surface area contributed by atoms with Crippen LogP contribution in [0.15, 0.2) is 85.5 Å². The smallest absolute Gasteiger partial charge is 0.319 e. The highest BCUT2D eigenvalue weighted by Gasteiger charge is 2.25. The number of unbranched alkanes of at least 4 members (excludes halogenated alkanes) is 7. The maximum absolute atomic E-state index is 15.3. The van der Waals surface area contributed by atoms with Crippen LogP contribution in [0.3, 0.4) is 0 Å². The van der Waals surface area contributed by atoms with Crippen LogP contribution in [0, 0.1) is 23.3 Å². The molecule has 0 spiro atoms. The summed E-state index contributed by atoms with van der Waals surface area (Å²) in [6.07, 6.45) is 19.7. The zero-order valence-electron chi connectivity index (χ0n) is 41.0. The van der Waals surface area contributed by atoms with Crippen LogP contribution < -0.4 is 20.9 Å². The quantitative estimate of drug-likeness (QED) is 0.0493. The Kier molecular flexibility index (Phi) is 22.3. The van der Waals surface area contributed by atoms with Crippen LogP contribution in [0.5, 0.6) is 23.5 Å². The first-order valence-corrected chi connectivity index (χ1v) is 24.6. The second-order valence-corrected chi connectivity index (χ2v) is 17.0. The van der Waals surface area contributed by atoms with Gasteiger partial charge in [-0.25, -0.2) is 37.5 Å². The van der Waals surface area contributed by atoms with Crippen molar-refractivity contribution in [3.8, 4) is 45.8 Å². The zero-order valence-corrected chi connectivity index (χ0v) is 42.5. The van der Waals surface area contributed by atoms with Crippen LogP contribution in [-0.2, 0) is 12.8 Å². The van der Waals surface area contributed by atoms with E-state index < -0.39 is 34.8 Å². The van der Waals surface area contributed by atoms with Gasteiger partial charge in [-0.1, -0.05) is 121 Å². The molecule has 4 aromatic carbocycles. The zero-order chi connectivity index (χ0) is 52.9. The standard InChI is InChI=1S/2C20H14ClF2N5O2.C7H16.C6H14/c2*21-11-9-10-18(17(23)15(11)16-12(22)3-1-4-13(16)29)27-20(28-19(10)24)30-8-5-14-25-6-2-7-26-14;1-3-5-7-6-4-2;1-3-5-6-4-2/h2*1-4,6-7,9,29H,5,8H2,(H2,24,27,28);3-7H2,1-2H3;3-6H2,1-2H3. The lowest BCUT2D eigenvalue weighted by Gasteiger charge is -2.13. The molecule has 0 aliphatic heterocycles. The first-order valence-electron chi connectivity index (χ1n) is 23.9. The molecule has 0 bridgehead atoms. The molecule has 4 heterocycles. The van der Waals surface area contributed by atoms with E-state index in [0.717, 1.165) is 12.1 Å². The van der Waals surface area contributed by atoms with Crippen molar-refractivity contribution in [3.05, 3.63) is 130 Å². The summed E-state index contributed by atoms with van der Waals surface area (Å²) in [5.41, 5.74) is 10.0. The maximum Gasteiger partial charge on any atom is 0.319 e. The number of ether oxygens (including phenoxy) is 2. The fourth-order valence-electron chi connectivity index (χ4n) is 7.06. The molecule has 14 nitrogen and oxygen atoms in total. The second kappa shape index (κ2) is 28.8. The van der Waals surface area contributed by atoms with Crippen molar-refractivity contribution in [2.45, 2.75) is 98.3 Å². The summed E-state index contributed by atoms with van der Waals surface area (Å²) in [6.45, 7) is 9.22. The van der Waals surface area contributed by atoms with Gasteiger partial charge in [0.05, 0.1) is 34.4 Å². The van der Waals surface area contributed by atoms with Crippen molar-refractivity contribution in [1.82, 2.24) is 39.9 Å². The average Bonchev–Trinajstić information content (AvgIpc) is 3.37. The summed E-state index contributed by atoms with van der Waals surface area (Å²) in [7, 11) is 0. The van der Waals surface area contributed by atoms with Gasteiger partial charge in [-0.15, -0.1) is 0 Å². The lowest BCUT2D eigenvalue weighted by molar-refractivity contribution is 0.295. The number of aromatic nitrogens is 8. The Balaban J connectivity index is 0.000000218. The number of nitrogens with two attached hydrogens (primary N) is 2. The number of benzene rings is 4. The van der Waals surface area contributed by atoms with Gasteiger partial charge in [0.1, 0.15) is 57.5 Å². The Morgan fingerprint density at radius 2 is 0.849 bits per heavy atom. The average molecular weight is 1050 g/mol. The van der Waals surface area contributed by atoms with E-state index in [0.29, 0.717) is 24.5 Å². The Morgan fingerprint density at radius 1 is 0.493 bits per heavy atom. The number of nitrogens with zero attached hydrogens (tertiary/aromatic N) is 8. The van der Waals surface area contributed by atoms with Gasteiger partial charge in [-0.3, -0.25) is 0 Å². The molecule has 0 amide bonds. The molecular weight excluding hydrogens is 988 g/mol. The van der Waals surface area contributed by atoms with Crippen LogP contribution in [0.25, 0.3) is 44.1 Å². The number of aromatic hydroxyl groups is 2. The summed E-state index contributed by atoms with van der Waals surface area (Å²) >= 11 is 12.4. The van der Waals surface area contributed by atoms with Gasteiger partial charge in [0.25, 0.3) is 0 Å². The van der Waals surface area contributed by atoms with Crippen LogP contribution in [0.4, 0.5) is 29.2 Å². The molecule has 0 fully saturated rings. The SMILES string of the molecule is CCCCCC.CCCCCCC.Nc1nc(OCCc2ncccn2)nc2c(F)c(-c3c(O)cccc3F)c(Cl)cc12.Nc1nc(OCCc2ncccn2)nc2c(F)c(-c3c(O)cccc3F)c(Cl)cc12. The molecule has 386 valence electrons. The largest absolute Gasteiger partial charge is 0.507 e. The molecule has 73 heavy (non-hydrogen) atoms. The summed E-state index contributed by atoms with van der Waals surface area (Å²) in [4.78, 5) is 32.4. The van der Waals surface area contributed by atoms with Gasteiger partial charge >= 0.3 is 12.0 Å². The Bertz CT molecular complexity index is 2800. The van der Waals surface area contributed by atoms with Gasteiger partial charge in [-0.05, 0) is 48.5 Å². The summed E-state index contributed by atoms with van der Waals surface area (Å²) in [6, 6.07) is 12.9. The minimum Gasteiger partial charge on any atom is -0.507 e. The second-order valence-electron chi connectivity index (χ2n) is 16.2. The number of halogens is 6. The molecule has 0 saturated carbocycles. The maximum atomic E-state index is 15.3. The topological polar surface area (TPSA) is 214 Å². The van der Waals surface area contributed by atoms with E-state index in [4.69, 9.17) is 44.1 Å². The normalized spacial score (nSPS) is 10.7. The summed E-state index contributed by atoms with van der Waals surface area (Å²) in [5.74, 6) is -3.51. The van der Waals surface area contributed by atoms with E-state index in [-0.39, 0.29) is 91.0 Å². The van der Waals surface area contributed by atoms with E-state index in [1.54, 1.807) is 36.9 Å². The van der Waals surface area contributed by atoms with Crippen molar-refractivity contribution >= 4 is 56.6 Å². The highest BCUT2D eigenvalue weighted by Crippen LogP contribution is 2.43. The lowest BCUT2D eigenvalue weighted by atomic mass is 10.0. The van der Waals surface area contributed by atoms with Crippen LogP contribution in [0.1, 0.15) is 97.1 Å². The summed E-state index contributed by atoms with van der Waals surface area (Å²) in [5, 5.41) is 20.1. The van der Waals surface area contributed by atoms with E-state index in [1.807, 2.05) is 0 Å². The molecule has 0 radical (unpaired) electrons. The fourth-order valence-corrected chi connectivity index (χ4v) is 7.64. The van der Waals surface area contributed by atoms with E-state index in [2.05, 4.69) is 67.6 Å². The monoisotopic (exact) mass is 1040 g/mol. The lowest BCUT2D eigenvalue weighted by Crippen LogP contribution is -2.08. The third kappa shape index (κ3) is 15.7. The van der Waals surface area contributed by atoms with Crippen LogP contribution in [-0.4, -0.2) is 63.3 Å². The highest BCUT2D eigenvalue weighted by molar-refractivity contribution is 6.35. The van der Waals surface area contributed by atoms with Gasteiger partial charge in [0, 0.05) is 59.5 Å². The Labute approximate surface area is 431 Å². The molecule has 0 aliphatic rings. The van der Waals surface area contributed by atoms with Crippen molar-refractivity contribution in [2.24, 2.45) is 0 Å². The molecule has 0 saturated heterocycles. The van der Waals surface area contributed by atoms with Crippen molar-refractivity contribution in [2.75, 3.05) is 24.7 Å². The van der Waals surface area contributed by atoms with Crippen molar-refractivity contribution < 1.29 is 37.2 Å². The first-order chi connectivity index (χ1) is 35.2. The number of nitrogen functional groups attached to an aromatic ring is 2. The predicted molar refractivity (Wildman–Crippen MR) is 279 cm³/mol. The highest BCUT2D eigenvalue weighted by atomic mass is 35.5. The molecule has 4 aromatic heterocycles. The van der Waals surface area contributed by atoms with Gasteiger partial charge in [0.15, 0.2) is 11.6 Å². The molecule has 0 atom stereocenters. The molecule has 8 rings (SSSR count). The molecule has 0 aliphatic carbocycles. The number of rotatable bonds is 17. The van der Waals surface area contributed by atoms with Gasteiger partial charge in [-0.2, -0.15) is 19.9 Å². The Morgan fingerprint density at radius 3 is 1.19 bits per heavy atom. The van der Waals surface area contributed by atoms with Crippen molar-refractivity contribution in [1.29, 1.82) is 0 Å².